The van der Waals surface area contributed by atoms with Gasteiger partial charge in [0.15, 0.2) is 0 Å². The number of aliphatic carboxylic acids is 1. The van der Waals surface area contributed by atoms with E-state index < -0.39 is 11.5 Å². The molecule has 0 spiro atoms. The third kappa shape index (κ3) is 3.51. The third-order valence-corrected chi connectivity index (χ3v) is 4.63. The molecular formula is C15H27NO4. The first kappa shape index (κ1) is 15.7. The maximum absolute atomic E-state index is 11.6. The number of carboxylic acid groups (broad SMARTS) is 1. The molecule has 0 bridgehead atoms. The summed E-state index contributed by atoms with van der Waals surface area (Å²) in [6.07, 6.45) is 5.95. The molecule has 5 heteroatoms. The van der Waals surface area contributed by atoms with Gasteiger partial charge in [0.25, 0.3) is 0 Å². The minimum atomic E-state index is -0.734. The number of hydrogen-bond acceptors (Lipinski definition) is 4. The Kier molecular flexibility index (Phi) is 5.81. The Morgan fingerprint density at radius 3 is 2.95 bits per heavy atom. The van der Waals surface area contributed by atoms with Crippen molar-refractivity contribution in [2.24, 2.45) is 5.92 Å². The second kappa shape index (κ2) is 7.38. The van der Waals surface area contributed by atoms with Gasteiger partial charge in [-0.05, 0) is 44.6 Å². The standard InChI is InChI=1S/C15H27NO4/c1-2-16-15(14(17)18)8-3-5-12(15)7-10-19-11-13-6-4-9-20-13/h12-13,16H,2-11H2,1H3,(H,17,18). The zero-order chi connectivity index (χ0) is 14.4. The molecule has 2 N–H and O–H groups in total. The molecule has 2 rings (SSSR count). The molecule has 3 unspecified atom stereocenters. The molecule has 0 radical (unpaired) electrons. The van der Waals surface area contributed by atoms with Crippen molar-refractivity contribution in [2.45, 2.75) is 57.1 Å². The highest BCUT2D eigenvalue weighted by molar-refractivity contribution is 5.79. The first-order chi connectivity index (χ1) is 9.69. The highest BCUT2D eigenvalue weighted by Gasteiger charge is 2.48. The van der Waals surface area contributed by atoms with E-state index in [0.29, 0.717) is 19.8 Å². The average molecular weight is 285 g/mol. The van der Waals surface area contributed by atoms with Crippen LogP contribution < -0.4 is 5.32 Å². The van der Waals surface area contributed by atoms with Crippen LogP contribution in [-0.2, 0) is 14.3 Å². The number of likely N-dealkylation sites (N-methyl/N-ethyl adjacent to an activating group) is 1. The van der Waals surface area contributed by atoms with Gasteiger partial charge in [-0.2, -0.15) is 0 Å². The van der Waals surface area contributed by atoms with E-state index in [0.717, 1.165) is 45.1 Å². The maximum atomic E-state index is 11.6. The largest absolute Gasteiger partial charge is 0.480 e. The van der Waals surface area contributed by atoms with Crippen LogP contribution in [0.5, 0.6) is 0 Å². The molecule has 1 saturated heterocycles. The molecule has 116 valence electrons. The fraction of sp³-hybridized carbons (Fsp3) is 0.933. The fourth-order valence-corrected chi connectivity index (χ4v) is 3.59. The summed E-state index contributed by atoms with van der Waals surface area (Å²) in [6, 6.07) is 0. The minimum absolute atomic E-state index is 0.171. The predicted octanol–water partition coefficient (Wildman–Crippen LogP) is 1.81. The van der Waals surface area contributed by atoms with Crippen LogP contribution in [0.25, 0.3) is 0 Å². The van der Waals surface area contributed by atoms with Crippen LogP contribution in [0.3, 0.4) is 0 Å². The van der Waals surface area contributed by atoms with E-state index in [-0.39, 0.29) is 12.0 Å². The second-order valence-electron chi connectivity index (χ2n) is 5.89. The molecule has 0 aromatic heterocycles. The first-order valence-electron chi connectivity index (χ1n) is 7.87. The van der Waals surface area contributed by atoms with E-state index in [2.05, 4.69) is 5.32 Å². The van der Waals surface area contributed by atoms with Gasteiger partial charge < -0.3 is 19.9 Å². The molecule has 0 aromatic carbocycles. The molecular weight excluding hydrogens is 258 g/mol. The van der Waals surface area contributed by atoms with Crippen LogP contribution in [0, 0.1) is 5.92 Å². The summed E-state index contributed by atoms with van der Waals surface area (Å²) in [5.74, 6) is -0.537. The number of rotatable bonds is 8. The van der Waals surface area contributed by atoms with E-state index in [1.54, 1.807) is 0 Å². The second-order valence-corrected chi connectivity index (χ2v) is 5.89. The Labute approximate surface area is 121 Å². The topological polar surface area (TPSA) is 67.8 Å². The number of nitrogens with one attached hydrogen (secondary N) is 1. The predicted molar refractivity (Wildman–Crippen MR) is 75.8 cm³/mol. The molecule has 20 heavy (non-hydrogen) atoms. The monoisotopic (exact) mass is 285 g/mol. The van der Waals surface area contributed by atoms with Crippen molar-refractivity contribution in [3.05, 3.63) is 0 Å². The summed E-state index contributed by atoms with van der Waals surface area (Å²) in [7, 11) is 0. The summed E-state index contributed by atoms with van der Waals surface area (Å²) < 4.78 is 11.2. The SMILES string of the molecule is CCNC1(C(=O)O)CCCC1CCOCC1CCCO1. The Hall–Kier alpha value is -0.650. The van der Waals surface area contributed by atoms with Gasteiger partial charge in [-0.1, -0.05) is 13.3 Å². The number of ether oxygens (including phenoxy) is 2. The average Bonchev–Trinajstić information content (AvgIpc) is 3.05. The van der Waals surface area contributed by atoms with Crippen molar-refractivity contribution in [3.8, 4) is 0 Å². The zero-order valence-corrected chi connectivity index (χ0v) is 12.4. The normalized spacial score (nSPS) is 33.6. The van der Waals surface area contributed by atoms with Crippen molar-refractivity contribution < 1.29 is 19.4 Å². The fourth-order valence-electron chi connectivity index (χ4n) is 3.59. The highest BCUT2D eigenvalue weighted by atomic mass is 16.5. The van der Waals surface area contributed by atoms with Crippen LogP contribution >= 0.6 is 0 Å². The summed E-state index contributed by atoms with van der Waals surface area (Å²) in [4.78, 5) is 11.6. The minimum Gasteiger partial charge on any atom is -0.480 e. The van der Waals surface area contributed by atoms with Crippen molar-refractivity contribution in [3.63, 3.8) is 0 Å². The van der Waals surface area contributed by atoms with E-state index in [9.17, 15) is 9.90 Å². The third-order valence-electron chi connectivity index (χ3n) is 4.63. The van der Waals surface area contributed by atoms with Gasteiger partial charge in [0.05, 0.1) is 12.7 Å². The van der Waals surface area contributed by atoms with Crippen LogP contribution in [-0.4, -0.2) is 49.1 Å². The molecule has 0 aromatic rings. The number of carbonyl (C=O) groups is 1. The molecule has 2 fully saturated rings. The molecule has 1 aliphatic heterocycles. The summed E-state index contributed by atoms with van der Waals surface area (Å²) in [5.41, 5.74) is -0.734. The van der Waals surface area contributed by atoms with Gasteiger partial charge in [-0.15, -0.1) is 0 Å². The smallest absolute Gasteiger partial charge is 0.324 e. The quantitative estimate of drug-likeness (QED) is 0.666. The van der Waals surface area contributed by atoms with Crippen molar-refractivity contribution in [1.29, 1.82) is 0 Å². The molecule has 1 aliphatic carbocycles. The lowest BCUT2D eigenvalue weighted by molar-refractivity contribution is -0.147. The lowest BCUT2D eigenvalue weighted by atomic mass is 9.84. The van der Waals surface area contributed by atoms with Crippen LogP contribution in [0.15, 0.2) is 0 Å². The number of hydrogen-bond donors (Lipinski definition) is 2. The van der Waals surface area contributed by atoms with E-state index in [1.165, 1.54) is 0 Å². The van der Waals surface area contributed by atoms with E-state index in [1.807, 2.05) is 6.92 Å². The van der Waals surface area contributed by atoms with Crippen LogP contribution in [0.4, 0.5) is 0 Å². The van der Waals surface area contributed by atoms with Gasteiger partial charge in [0.2, 0.25) is 0 Å². The lowest BCUT2D eigenvalue weighted by Crippen LogP contribution is -2.55. The highest BCUT2D eigenvalue weighted by Crippen LogP contribution is 2.38. The Morgan fingerprint density at radius 2 is 2.30 bits per heavy atom. The van der Waals surface area contributed by atoms with Crippen molar-refractivity contribution in [2.75, 3.05) is 26.4 Å². The zero-order valence-electron chi connectivity index (χ0n) is 12.4. The molecule has 1 saturated carbocycles. The van der Waals surface area contributed by atoms with Gasteiger partial charge in [0.1, 0.15) is 5.54 Å². The van der Waals surface area contributed by atoms with Gasteiger partial charge in [0, 0.05) is 13.2 Å². The molecule has 0 amide bonds. The summed E-state index contributed by atoms with van der Waals surface area (Å²) in [6.45, 7) is 4.78. The van der Waals surface area contributed by atoms with Crippen LogP contribution in [0.1, 0.15) is 45.4 Å². The Bertz CT molecular complexity index is 317. The van der Waals surface area contributed by atoms with Gasteiger partial charge in [-0.25, -0.2) is 0 Å². The Balaban J connectivity index is 1.76. The molecule has 3 atom stereocenters. The lowest BCUT2D eigenvalue weighted by Gasteiger charge is -2.32. The maximum Gasteiger partial charge on any atom is 0.324 e. The van der Waals surface area contributed by atoms with E-state index >= 15 is 0 Å². The van der Waals surface area contributed by atoms with Crippen molar-refractivity contribution >= 4 is 5.97 Å². The summed E-state index contributed by atoms with van der Waals surface area (Å²) >= 11 is 0. The van der Waals surface area contributed by atoms with Crippen molar-refractivity contribution in [1.82, 2.24) is 5.32 Å². The summed E-state index contributed by atoms with van der Waals surface area (Å²) in [5, 5.41) is 12.8. The van der Waals surface area contributed by atoms with E-state index in [4.69, 9.17) is 9.47 Å². The van der Waals surface area contributed by atoms with Gasteiger partial charge >= 0.3 is 5.97 Å². The Morgan fingerprint density at radius 1 is 1.45 bits per heavy atom. The first-order valence-corrected chi connectivity index (χ1v) is 7.87. The number of carboxylic acids is 1. The van der Waals surface area contributed by atoms with Crippen LogP contribution in [0.2, 0.25) is 0 Å². The van der Waals surface area contributed by atoms with Gasteiger partial charge in [-0.3, -0.25) is 4.79 Å². The molecule has 1 heterocycles. The molecule has 5 nitrogen and oxygen atoms in total. The molecule has 2 aliphatic rings.